The second-order valence-corrected chi connectivity index (χ2v) is 8.79. The largest absolute Gasteiger partial charge is 0.337 e. The molecule has 0 bridgehead atoms. The van der Waals surface area contributed by atoms with Crippen molar-refractivity contribution < 1.29 is 13.2 Å². The minimum absolute atomic E-state index is 0.0369. The Kier molecular flexibility index (Phi) is 5.58. The number of nitrogens with one attached hydrogen (secondary N) is 1. The molecule has 8 heteroatoms. The number of carbonyl (C=O) groups is 1. The highest BCUT2D eigenvalue weighted by atomic mass is 35.5. The van der Waals surface area contributed by atoms with Gasteiger partial charge in [-0.3, -0.25) is 4.79 Å². The molecule has 1 saturated carbocycles. The predicted octanol–water partition coefficient (Wildman–Crippen LogP) is 3.71. The van der Waals surface area contributed by atoms with E-state index in [1.54, 1.807) is 25.2 Å². The van der Waals surface area contributed by atoms with Gasteiger partial charge in [-0.25, -0.2) is 13.1 Å². The molecule has 0 saturated heterocycles. The monoisotopic (exact) mass is 412 g/mol. The van der Waals surface area contributed by atoms with Gasteiger partial charge in [0.15, 0.2) is 0 Å². The molecule has 1 aliphatic carbocycles. The number of sulfonamides is 1. The van der Waals surface area contributed by atoms with Gasteiger partial charge in [-0.05, 0) is 48.7 Å². The molecular formula is C18H18Cl2N2O3S. The first-order chi connectivity index (χ1) is 12.3. The number of hydrogen-bond donors (Lipinski definition) is 1. The summed E-state index contributed by atoms with van der Waals surface area (Å²) in [6, 6.07) is 11.2. The Hall–Kier alpha value is -1.60. The van der Waals surface area contributed by atoms with Crippen molar-refractivity contribution >= 4 is 39.1 Å². The highest BCUT2D eigenvalue weighted by molar-refractivity contribution is 7.89. The summed E-state index contributed by atoms with van der Waals surface area (Å²) in [7, 11) is -1.87. The zero-order valence-corrected chi connectivity index (χ0v) is 16.4. The Morgan fingerprint density at radius 3 is 2.42 bits per heavy atom. The maximum atomic E-state index is 12.6. The van der Waals surface area contributed by atoms with E-state index in [4.69, 9.17) is 23.2 Å². The first kappa shape index (κ1) is 19.2. The maximum absolute atomic E-state index is 12.6. The van der Waals surface area contributed by atoms with Gasteiger partial charge in [0, 0.05) is 25.2 Å². The molecule has 2 aromatic carbocycles. The molecule has 1 aliphatic rings. The number of carbonyl (C=O) groups excluding carboxylic acids is 1. The van der Waals surface area contributed by atoms with Gasteiger partial charge in [0.05, 0.1) is 14.9 Å². The SMILES string of the molecule is CN(Cc1cccc(Cl)c1Cl)C(=O)c1ccc(S(=O)(=O)NC2CC2)cc1. The molecule has 0 atom stereocenters. The maximum Gasteiger partial charge on any atom is 0.253 e. The van der Waals surface area contributed by atoms with Gasteiger partial charge in [-0.2, -0.15) is 0 Å². The minimum atomic E-state index is -3.53. The highest BCUT2D eigenvalue weighted by Crippen LogP contribution is 2.27. The van der Waals surface area contributed by atoms with Gasteiger partial charge in [0.2, 0.25) is 10.0 Å². The number of nitrogens with zero attached hydrogens (tertiary/aromatic N) is 1. The van der Waals surface area contributed by atoms with E-state index in [1.165, 1.54) is 29.2 Å². The molecule has 1 amide bonds. The normalized spacial score (nSPS) is 14.3. The molecule has 0 heterocycles. The van der Waals surface area contributed by atoms with Gasteiger partial charge in [0.1, 0.15) is 0 Å². The van der Waals surface area contributed by atoms with E-state index in [1.807, 2.05) is 0 Å². The Balaban J connectivity index is 1.72. The quantitative estimate of drug-likeness (QED) is 0.785. The molecule has 0 aromatic heterocycles. The zero-order valence-electron chi connectivity index (χ0n) is 14.1. The average Bonchev–Trinajstić information content (AvgIpc) is 3.41. The van der Waals surface area contributed by atoms with Crippen LogP contribution in [0, 0.1) is 0 Å². The standard InChI is InChI=1S/C18H18Cl2N2O3S/c1-22(11-13-3-2-4-16(19)17(13)20)18(23)12-5-9-15(10-6-12)26(24,25)21-14-7-8-14/h2-6,9-10,14,21H,7-8,11H2,1H3. The summed E-state index contributed by atoms with van der Waals surface area (Å²) in [5.41, 5.74) is 1.14. The number of amides is 1. The fourth-order valence-electron chi connectivity index (χ4n) is 2.48. The summed E-state index contributed by atoms with van der Waals surface area (Å²) in [6.45, 7) is 0.293. The summed E-state index contributed by atoms with van der Waals surface area (Å²) in [6.07, 6.45) is 1.74. The summed E-state index contributed by atoms with van der Waals surface area (Å²) in [5, 5.41) is 0.851. The van der Waals surface area contributed by atoms with Crippen LogP contribution in [0.15, 0.2) is 47.4 Å². The number of rotatable bonds is 6. The second-order valence-electron chi connectivity index (χ2n) is 6.29. The minimum Gasteiger partial charge on any atom is -0.337 e. The summed E-state index contributed by atoms with van der Waals surface area (Å²) in [4.78, 5) is 14.2. The Bertz CT molecular complexity index is 926. The van der Waals surface area contributed by atoms with Crippen LogP contribution in [0.4, 0.5) is 0 Å². The van der Waals surface area contributed by atoms with Crippen LogP contribution < -0.4 is 4.72 Å². The van der Waals surface area contributed by atoms with Crippen molar-refractivity contribution in [2.75, 3.05) is 7.05 Å². The van der Waals surface area contributed by atoms with Crippen molar-refractivity contribution in [3.05, 3.63) is 63.6 Å². The third kappa shape index (κ3) is 4.38. The van der Waals surface area contributed by atoms with E-state index in [0.29, 0.717) is 22.2 Å². The Morgan fingerprint density at radius 1 is 1.15 bits per heavy atom. The molecule has 138 valence electrons. The molecule has 26 heavy (non-hydrogen) atoms. The van der Waals surface area contributed by atoms with Crippen LogP contribution in [0.2, 0.25) is 10.0 Å². The first-order valence-electron chi connectivity index (χ1n) is 8.08. The lowest BCUT2D eigenvalue weighted by Gasteiger charge is -2.18. The van der Waals surface area contributed by atoms with Gasteiger partial charge in [-0.1, -0.05) is 35.3 Å². The van der Waals surface area contributed by atoms with Crippen LogP contribution in [0.1, 0.15) is 28.8 Å². The fraction of sp³-hybridized carbons (Fsp3) is 0.278. The number of benzene rings is 2. The van der Waals surface area contributed by atoms with Crippen LogP contribution in [0.25, 0.3) is 0 Å². The topological polar surface area (TPSA) is 66.5 Å². The Labute approximate surface area is 163 Å². The molecule has 2 aromatic rings. The molecule has 0 unspecified atom stereocenters. The van der Waals surface area contributed by atoms with Crippen molar-refractivity contribution in [2.45, 2.75) is 30.3 Å². The lowest BCUT2D eigenvalue weighted by atomic mass is 10.1. The van der Waals surface area contributed by atoms with E-state index in [9.17, 15) is 13.2 Å². The van der Waals surface area contributed by atoms with Crippen LogP contribution in [0.3, 0.4) is 0 Å². The van der Waals surface area contributed by atoms with E-state index >= 15 is 0 Å². The smallest absolute Gasteiger partial charge is 0.253 e. The van der Waals surface area contributed by atoms with Gasteiger partial charge in [-0.15, -0.1) is 0 Å². The molecule has 0 spiro atoms. The van der Waals surface area contributed by atoms with Gasteiger partial charge >= 0.3 is 0 Å². The lowest BCUT2D eigenvalue weighted by molar-refractivity contribution is 0.0785. The molecule has 0 radical (unpaired) electrons. The lowest BCUT2D eigenvalue weighted by Crippen LogP contribution is -2.27. The molecular weight excluding hydrogens is 395 g/mol. The van der Waals surface area contributed by atoms with E-state index < -0.39 is 10.0 Å². The van der Waals surface area contributed by atoms with Gasteiger partial charge < -0.3 is 4.90 Å². The van der Waals surface area contributed by atoms with E-state index in [0.717, 1.165) is 18.4 Å². The fourth-order valence-corrected chi connectivity index (χ4v) is 4.17. The summed E-state index contributed by atoms with van der Waals surface area (Å²) in [5.74, 6) is -0.236. The van der Waals surface area contributed by atoms with Crippen molar-refractivity contribution in [1.29, 1.82) is 0 Å². The summed E-state index contributed by atoms with van der Waals surface area (Å²) >= 11 is 12.2. The predicted molar refractivity (Wildman–Crippen MR) is 102 cm³/mol. The zero-order chi connectivity index (χ0) is 18.9. The van der Waals surface area contributed by atoms with Gasteiger partial charge in [0.25, 0.3) is 5.91 Å². The van der Waals surface area contributed by atoms with Crippen molar-refractivity contribution in [2.24, 2.45) is 0 Å². The van der Waals surface area contributed by atoms with Crippen LogP contribution in [0.5, 0.6) is 0 Å². The second kappa shape index (κ2) is 7.56. The highest BCUT2D eigenvalue weighted by Gasteiger charge is 2.28. The molecule has 1 N–H and O–H groups in total. The number of halogens is 2. The van der Waals surface area contributed by atoms with E-state index in [-0.39, 0.29) is 16.8 Å². The van der Waals surface area contributed by atoms with Crippen molar-refractivity contribution in [3.63, 3.8) is 0 Å². The van der Waals surface area contributed by atoms with Crippen LogP contribution in [-0.4, -0.2) is 32.3 Å². The van der Waals surface area contributed by atoms with Crippen molar-refractivity contribution in [3.8, 4) is 0 Å². The molecule has 3 rings (SSSR count). The van der Waals surface area contributed by atoms with Crippen LogP contribution >= 0.6 is 23.2 Å². The Morgan fingerprint density at radius 2 is 1.81 bits per heavy atom. The third-order valence-corrected chi connectivity index (χ3v) is 6.49. The first-order valence-corrected chi connectivity index (χ1v) is 10.3. The summed E-state index contributed by atoms with van der Waals surface area (Å²) < 4.78 is 27.0. The number of hydrogen-bond acceptors (Lipinski definition) is 3. The average molecular weight is 413 g/mol. The van der Waals surface area contributed by atoms with Crippen LogP contribution in [-0.2, 0) is 16.6 Å². The molecule has 1 fully saturated rings. The third-order valence-electron chi connectivity index (χ3n) is 4.10. The van der Waals surface area contributed by atoms with E-state index in [2.05, 4.69) is 4.72 Å². The molecule has 5 nitrogen and oxygen atoms in total. The van der Waals surface area contributed by atoms with Crippen molar-refractivity contribution in [1.82, 2.24) is 9.62 Å². The molecule has 0 aliphatic heterocycles.